The van der Waals surface area contributed by atoms with Gasteiger partial charge in [-0.15, -0.1) is 0 Å². The maximum atomic E-state index is 4.79. The van der Waals surface area contributed by atoms with E-state index in [1.807, 2.05) is 0 Å². The fourth-order valence-electron chi connectivity index (χ4n) is 1.76. The zero-order valence-corrected chi connectivity index (χ0v) is 10.8. The number of hydrogen-bond donors (Lipinski definition) is 0. The Labute approximate surface area is 94.1 Å². The highest BCUT2D eigenvalue weighted by molar-refractivity contribution is 5.84. The Hall–Kier alpha value is -0.630. The van der Waals surface area contributed by atoms with E-state index in [2.05, 4.69) is 39.6 Å². The highest BCUT2D eigenvalue weighted by atomic mass is 15.1. The van der Waals surface area contributed by atoms with Gasteiger partial charge in [-0.3, -0.25) is 4.99 Å². The summed E-state index contributed by atoms with van der Waals surface area (Å²) in [5, 5.41) is 0. The third kappa shape index (κ3) is 3.45. The molecule has 0 spiro atoms. The summed E-state index contributed by atoms with van der Waals surface area (Å²) in [5.74, 6) is 0.565. The van der Waals surface area contributed by atoms with E-state index < -0.39 is 0 Å². The first-order valence-corrected chi connectivity index (χ1v) is 5.99. The van der Waals surface area contributed by atoms with Gasteiger partial charge in [0.15, 0.2) is 0 Å². The molecule has 0 aromatic heterocycles. The first-order chi connectivity index (χ1) is 7.04. The molecule has 0 saturated carbocycles. The summed E-state index contributed by atoms with van der Waals surface area (Å²) >= 11 is 0. The lowest BCUT2D eigenvalue weighted by molar-refractivity contribution is 0.343. The van der Waals surface area contributed by atoms with Crippen LogP contribution in [0.1, 0.15) is 40.5 Å². The van der Waals surface area contributed by atoms with Crippen LogP contribution in [0.25, 0.3) is 0 Å². The van der Waals surface area contributed by atoms with Crippen molar-refractivity contribution in [2.45, 2.75) is 40.5 Å². The summed E-state index contributed by atoms with van der Waals surface area (Å²) in [5.41, 5.74) is 4.13. The van der Waals surface area contributed by atoms with Crippen molar-refractivity contribution in [3.8, 4) is 0 Å². The van der Waals surface area contributed by atoms with Gasteiger partial charge in [0.1, 0.15) is 0 Å². The van der Waals surface area contributed by atoms with Crippen molar-refractivity contribution in [3.05, 3.63) is 11.3 Å². The third-order valence-corrected chi connectivity index (χ3v) is 3.17. The van der Waals surface area contributed by atoms with Crippen LogP contribution in [0.4, 0.5) is 0 Å². The average molecular weight is 208 g/mol. The van der Waals surface area contributed by atoms with Crippen LogP contribution in [0.2, 0.25) is 0 Å². The molecule has 2 nitrogen and oxygen atoms in total. The Balaban J connectivity index is 2.86. The van der Waals surface area contributed by atoms with E-state index in [-0.39, 0.29) is 0 Å². The maximum absolute atomic E-state index is 4.79. The Morgan fingerprint density at radius 2 is 2.13 bits per heavy atom. The lowest BCUT2D eigenvalue weighted by Crippen LogP contribution is -2.27. The van der Waals surface area contributed by atoms with Gasteiger partial charge in [0.05, 0.1) is 0 Å². The second-order valence-electron chi connectivity index (χ2n) is 4.80. The molecule has 0 bridgehead atoms. The minimum atomic E-state index is 0.565. The summed E-state index contributed by atoms with van der Waals surface area (Å²) in [6.45, 7) is 11.0. The molecule has 0 aliphatic carbocycles. The number of hydrogen-bond acceptors (Lipinski definition) is 2. The Morgan fingerprint density at radius 3 is 2.67 bits per heavy atom. The van der Waals surface area contributed by atoms with E-state index >= 15 is 0 Å². The molecule has 0 aromatic carbocycles. The van der Waals surface area contributed by atoms with Gasteiger partial charge in [-0.2, -0.15) is 0 Å². The molecule has 0 aromatic rings. The molecule has 0 fully saturated rings. The highest BCUT2D eigenvalue weighted by Crippen LogP contribution is 2.21. The number of likely N-dealkylation sites (N-methyl/N-ethyl adjacent to an activating group) is 1. The zero-order valence-electron chi connectivity index (χ0n) is 10.8. The van der Waals surface area contributed by atoms with Crippen molar-refractivity contribution in [1.82, 2.24) is 4.90 Å². The minimum Gasteiger partial charge on any atom is -0.302 e. The SMILES string of the molecule is CCC1=C(N=C(C)C(C)C)CCN(C)C1. The van der Waals surface area contributed by atoms with Crippen LogP contribution in [0, 0.1) is 5.92 Å². The molecule has 0 amide bonds. The molecular formula is C13H24N2. The first kappa shape index (κ1) is 12.4. The maximum Gasteiger partial charge on any atom is 0.0420 e. The number of aliphatic imine (C=N–C) groups is 1. The number of rotatable bonds is 3. The van der Waals surface area contributed by atoms with Crippen LogP contribution in [0.5, 0.6) is 0 Å². The fraction of sp³-hybridized carbons (Fsp3) is 0.769. The normalized spacial score (nSPS) is 20.3. The van der Waals surface area contributed by atoms with Crippen LogP contribution in [0.15, 0.2) is 16.3 Å². The van der Waals surface area contributed by atoms with E-state index in [1.54, 1.807) is 0 Å². The van der Waals surface area contributed by atoms with Crippen LogP contribution in [-0.2, 0) is 0 Å². The van der Waals surface area contributed by atoms with Crippen molar-refractivity contribution in [1.29, 1.82) is 0 Å². The molecule has 1 aliphatic rings. The van der Waals surface area contributed by atoms with E-state index in [1.165, 1.54) is 17.0 Å². The van der Waals surface area contributed by atoms with Gasteiger partial charge >= 0.3 is 0 Å². The van der Waals surface area contributed by atoms with Crippen LogP contribution in [0.3, 0.4) is 0 Å². The second kappa shape index (κ2) is 5.45. The van der Waals surface area contributed by atoms with Crippen molar-refractivity contribution < 1.29 is 0 Å². The fourth-order valence-corrected chi connectivity index (χ4v) is 1.76. The van der Waals surface area contributed by atoms with Gasteiger partial charge in [0.25, 0.3) is 0 Å². The smallest absolute Gasteiger partial charge is 0.0420 e. The largest absolute Gasteiger partial charge is 0.302 e. The van der Waals surface area contributed by atoms with E-state index in [4.69, 9.17) is 4.99 Å². The van der Waals surface area contributed by atoms with Crippen molar-refractivity contribution in [2.24, 2.45) is 10.9 Å². The van der Waals surface area contributed by atoms with E-state index in [9.17, 15) is 0 Å². The Bertz CT molecular complexity index is 274. The third-order valence-electron chi connectivity index (χ3n) is 3.17. The summed E-state index contributed by atoms with van der Waals surface area (Å²) in [4.78, 5) is 7.17. The average Bonchev–Trinajstić information content (AvgIpc) is 2.20. The van der Waals surface area contributed by atoms with Gasteiger partial charge in [0.2, 0.25) is 0 Å². The van der Waals surface area contributed by atoms with Gasteiger partial charge < -0.3 is 4.90 Å². The molecule has 86 valence electrons. The van der Waals surface area contributed by atoms with Crippen molar-refractivity contribution in [2.75, 3.05) is 20.1 Å². The summed E-state index contributed by atoms with van der Waals surface area (Å²) < 4.78 is 0. The quantitative estimate of drug-likeness (QED) is 0.651. The molecule has 1 heterocycles. The summed E-state index contributed by atoms with van der Waals surface area (Å²) in [6.07, 6.45) is 2.25. The van der Waals surface area contributed by atoms with Gasteiger partial charge in [-0.1, -0.05) is 20.8 Å². The standard InChI is InChI=1S/C13H24N2/c1-6-12-9-15(5)8-7-13(12)14-11(4)10(2)3/h10H,6-9H2,1-5H3. The molecule has 1 aliphatic heterocycles. The molecule has 0 saturated heterocycles. The minimum absolute atomic E-state index is 0.565. The van der Waals surface area contributed by atoms with E-state index in [0.29, 0.717) is 5.92 Å². The topological polar surface area (TPSA) is 15.6 Å². The second-order valence-corrected chi connectivity index (χ2v) is 4.80. The predicted molar refractivity (Wildman–Crippen MR) is 67.4 cm³/mol. The Kier molecular flexibility index (Phi) is 4.52. The van der Waals surface area contributed by atoms with E-state index in [0.717, 1.165) is 25.9 Å². The highest BCUT2D eigenvalue weighted by Gasteiger charge is 2.14. The molecule has 15 heavy (non-hydrogen) atoms. The lowest BCUT2D eigenvalue weighted by Gasteiger charge is -2.26. The lowest BCUT2D eigenvalue weighted by atomic mass is 10.0. The Morgan fingerprint density at radius 1 is 1.47 bits per heavy atom. The molecule has 0 atom stereocenters. The molecule has 0 N–H and O–H groups in total. The zero-order chi connectivity index (χ0) is 11.4. The first-order valence-electron chi connectivity index (χ1n) is 5.99. The van der Waals surface area contributed by atoms with Crippen molar-refractivity contribution in [3.63, 3.8) is 0 Å². The molecular weight excluding hydrogens is 184 g/mol. The number of nitrogens with zero attached hydrogens (tertiary/aromatic N) is 2. The van der Waals surface area contributed by atoms with Crippen LogP contribution >= 0.6 is 0 Å². The van der Waals surface area contributed by atoms with Gasteiger partial charge in [-0.05, 0) is 31.9 Å². The van der Waals surface area contributed by atoms with Gasteiger partial charge in [-0.25, -0.2) is 0 Å². The van der Waals surface area contributed by atoms with Crippen LogP contribution in [-0.4, -0.2) is 30.7 Å². The molecule has 1 rings (SSSR count). The van der Waals surface area contributed by atoms with Crippen molar-refractivity contribution >= 4 is 5.71 Å². The molecule has 2 heteroatoms. The van der Waals surface area contributed by atoms with Crippen LogP contribution < -0.4 is 0 Å². The monoisotopic (exact) mass is 208 g/mol. The summed E-state index contributed by atoms with van der Waals surface area (Å²) in [7, 11) is 2.19. The summed E-state index contributed by atoms with van der Waals surface area (Å²) in [6, 6.07) is 0. The van der Waals surface area contributed by atoms with Gasteiger partial charge in [0, 0.05) is 30.9 Å². The molecule has 0 radical (unpaired) electrons. The molecule has 0 unspecified atom stereocenters. The predicted octanol–water partition coefficient (Wildman–Crippen LogP) is 3.10.